The zero-order chi connectivity index (χ0) is 26.9. The van der Waals surface area contributed by atoms with Crippen molar-refractivity contribution in [2.45, 2.75) is 90.0 Å². The van der Waals surface area contributed by atoms with Gasteiger partial charge in [0.25, 0.3) is 11.8 Å². The normalized spacial score (nSPS) is 20.9. The van der Waals surface area contributed by atoms with Crippen molar-refractivity contribution in [2.75, 3.05) is 5.32 Å². The van der Waals surface area contributed by atoms with Crippen LogP contribution in [0, 0.1) is 5.82 Å². The second-order valence-electron chi connectivity index (χ2n) is 10.5. The van der Waals surface area contributed by atoms with Crippen LogP contribution in [-0.2, 0) is 4.79 Å². The van der Waals surface area contributed by atoms with Gasteiger partial charge in [0.1, 0.15) is 11.4 Å². The number of nitrogens with zero attached hydrogens (tertiary/aromatic N) is 3. The SMILES string of the molecule is CC(C)Nc1ncc(C(=O)NC2(C(=O)N[C@H](C)c3ccc(C(=O)N4[C@H](C)CC[C@@H]4C)cc3F)CC2)cn1. The number of hydrogen-bond acceptors (Lipinski definition) is 6. The first kappa shape index (κ1) is 26.5. The van der Waals surface area contributed by atoms with E-state index in [1.807, 2.05) is 27.7 Å². The van der Waals surface area contributed by atoms with E-state index >= 15 is 4.39 Å². The number of aromatic nitrogens is 2. The number of anilines is 1. The van der Waals surface area contributed by atoms with E-state index in [4.69, 9.17) is 0 Å². The second-order valence-corrected chi connectivity index (χ2v) is 10.5. The van der Waals surface area contributed by atoms with Crippen molar-refractivity contribution in [1.29, 1.82) is 0 Å². The van der Waals surface area contributed by atoms with Crippen LogP contribution in [0.15, 0.2) is 30.6 Å². The molecule has 1 saturated carbocycles. The monoisotopic (exact) mass is 510 g/mol. The minimum absolute atomic E-state index is 0.120. The molecule has 2 fully saturated rings. The van der Waals surface area contributed by atoms with E-state index in [1.165, 1.54) is 18.5 Å². The van der Waals surface area contributed by atoms with Gasteiger partial charge in [-0.05, 0) is 72.4 Å². The fourth-order valence-electron chi connectivity index (χ4n) is 4.77. The van der Waals surface area contributed by atoms with E-state index in [0.717, 1.165) is 12.8 Å². The van der Waals surface area contributed by atoms with Gasteiger partial charge in [0.2, 0.25) is 11.9 Å². The number of carbonyl (C=O) groups is 3. The van der Waals surface area contributed by atoms with Crippen molar-refractivity contribution < 1.29 is 18.8 Å². The lowest BCUT2D eigenvalue weighted by Crippen LogP contribution is -2.49. The van der Waals surface area contributed by atoms with Crippen LogP contribution in [-0.4, -0.2) is 56.3 Å². The standard InChI is InChI=1S/C27H35FN6O3/c1-15(2)31-26-29-13-20(14-30-26)23(35)33-27(10-11-27)25(37)32-18(5)21-9-8-19(12-22(21)28)24(36)34-16(3)6-7-17(34)4/h8-9,12-18H,6-7,10-11H2,1-5H3,(H,32,37)(H,33,35)(H,29,30,31)/t16-,17+,18-/m1/s1. The number of likely N-dealkylation sites (tertiary alicyclic amines) is 1. The molecule has 1 aliphatic carbocycles. The predicted octanol–water partition coefficient (Wildman–Crippen LogP) is 3.59. The van der Waals surface area contributed by atoms with Crippen molar-refractivity contribution in [3.05, 3.63) is 53.1 Å². The summed E-state index contributed by atoms with van der Waals surface area (Å²) in [7, 11) is 0. The van der Waals surface area contributed by atoms with E-state index in [9.17, 15) is 14.4 Å². The third-order valence-corrected chi connectivity index (χ3v) is 7.12. The third kappa shape index (κ3) is 5.73. The summed E-state index contributed by atoms with van der Waals surface area (Å²) in [6.45, 7) is 9.59. The molecule has 3 amide bonds. The molecule has 1 aliphatic heterocycles. The zero-order valence-corrected chi connectivity index (χ0v) is 22.0. The summed E-state index contributed by atoms with van der Waals surface area (Å²) in [4.78, 5) is 48.8. The summed E-state index contributed by atoms with van der Waals surface area (Å²) in [5, 5.41) is 8.65. The summed E-state index contributed by atoms with van der Waals surface area (Å²) in [6.07, 6.45) is 5.64. The van der Waals surface area contributed by atoms with Crippen molar-refractivity contribution in [3.8, 4) is 0 Å². The van der Waals surface area contributed by atoms with Gasteiger partial charge in [-0.3, -0.25) is 14.4 Å². The first-order chi connectivity index (χ1) is 17.5. The maximum Gasteiger partial charge on any atom is 0.255 e. The molecule has 0 radical (unpaired) electrons. The Bertz CT molecular complexity index is 1170. The summed E-state index contributed by atoms with van der Waals surface area (Å²) < 4.78 is 15.0. The van der Waals surface area contributed by atoms with E-state index < -0.39 is 23.3 Å². The van der Waals surface area contributed by atoms with Crippen LogP contribution in [0.1, 0.15) is 92.6 Å². The van der Waals surface area contributed by atoms with Crippen LogP contribution < -0.4 is 16.0 Å². The van der Waals surface area contributed by atoms with Crippen LogP contribution in [0.2, 0.25) is 0 Å². The molecule has 9 nitrogen and oxygen atoms in total. The topological polar surface area (TPSA) is 116 Å². The lowest BCUT2D eigenvalue weighted by Gasteiger charge is -2.26. The molecule has 3 atom stereocenters. The molecule has 2 heterocycles. The quantitative estimate of drug-likeness (QED) is 0.500. The lowest BCUT2D eigenvalue weighted by molar-refractivity contribution is -0.124. The molecular weight excluding hydrogens is 475 g/mol. The van der Waals surface area contributed by atoms with E-state index in [0.29, 0.717) is 24.4 Å². The van der Waals surface area contributed by atoms with Crippen LogP contribution in [0.3, 0.4) is 0 Å². The molecule has 4 rings (SSSR count). The highest BCUT2D eigenvalue weighted by Crippen LogP contribution is 2.37. The van der Waals surface area contributed by atoms with Gasteiger partial charge >= 0.3 is 0 Å². The molecule has 0 spiro atoms. The Morgan fingerprint density at radius 2 is 1.65 bits per heavy atom. The average Bonchev–Trinajstić information content (AvgIpc) is 3.55. The van der Waals surface area contributed by atoms with Gasteiger partial charge in [0.05, 0.1) is 11.6 Å². The maximum absolute atomic E-state index is 15.0. The van der Waals surface area contributed by atoms with Crippen LogP contribution in [0.5, 0.6) is 0 Å². The number of benzene rings is 1. The number of halogens is 1. The highest BCUT2D eigenvalue weighted by molar-refractivity contribution is 6.00. The van der Waals surface area contributed by atoms with Gasteiger partial charge in [-0.2, -0.15) is 0 Å². The second kappa shape index (κ2) is 10.4. The zero-order valence-electron chi connectivity index (χ0n) is 22.0. The van der Waals surface area contributed by atoms with E-state index in [-0.39, 0.29) is 41.1 Å². The van der Waals surface area contributed by atoms with Gasteiger partial charge in [0.15, 0.2) is 0 Å². The Labute approximate surface area is 216 Å². The number of amides is 3. The Morgan fingerprint density at radius 1 is 1.03 bits per heavy atom. The molecule has 3 N–H and O–H groups in total. The van der Waals surface area contributed by atoms with Crippen molar-refractivity contribution in [2.24, 2.45) is 0 Å². The minimum Gasteiger partial charge on any atom is -0.352 e. The van der Waals surface area contributed by atoms with Crippen LogP contribution in [0.4, 0.5) is 10.3 Å². The summed E-state index contributed by atoms with van der Waals surface area (Å²) in [5.74, 6) is -1.16. The molecule has 0 unspecified atom stereocenters. The van der Waals surface area contributed by atoms with Crippen molar-refractivity contribution in [1.82, 2.24) is 25.5 Å². The van der Waals surface area contributed by atoms with Crippen molar-refractivity contribution >= 4 is 23.7 Å². The van der Waals surface area contributed by atoms with Gasteiger partial charge in [0, 0.05) is 41.6 Å². The molecule has 0 bridgehead atoms. The lowest BCUT2D eigenvalue weighted by atomic mass is 10.0. The first-order valence-electron chi connectivity index (χ1n) is 12.8. The molecule has 198 valence electrons. The Hall–Kier alpha value is -3.56. The fraction of sp³-hybridized carbons (Fsp3) is 0.519. The van der Waals surface area contributed by atoms with E-state index in [2.05, 4.69) is 25.9 Å². The number of hydrogen-bond donors (Lipinski definition) is 3. The number of carbonyl (C=O) groups excluding carboxylic acids is 3. The highest BCUT2D eigenvalue weighted by atomic mass is 19.1. The van der Waals surface area contributed by atoms with Gasteiger partial charge < -0.3 is 20.9 Å². The molecular formula is C27H35FN6O3. The molecule has 2 aromatic rings. The smallest absolute Gasteiger partial charge is 0.255 e. The molecule has 10 heteroatoms. The molecule has 2 aliphatic rings. The largest absolute Gasteiger partial charge is 0.352 e. The van der Waals surface area contributed by atoms with Gasteiger partial charge in [-0.25, -0.2) is 14.4 Å². The summed E-state index contributed by atoms with van der Waals surface area (Å²) >= 11 is 0. The maximum atomic E-state index is 15.0. The first-order valence-corrected chi connectivity index (χ1v) is 12.8. The molecule has 1 aromatic carbocycles. The molecule has 37 heavy (non-hydrogen) atoms. The summed E-state index contributed by atoms with van der Waals surface area (Å²) in [5.41, 5.74) is -0.233. The van der Waals surface area contributed by atoms with Crippen LogP contribution in [0.25, 0.3) is 0 Å². The van der Waals surface area contributed by atoms with Gasteiger partial charge in [-0.15, -0.1) is 0 Å². The Kier molecular flexibility index (Phi) is 7.47. The average molecular weight is 511 g/mol. The van der Waals surface area contributed by atoms with E-state index in [1.54, 1.807) is 24.0 Å². The number of nitrogens with one attached hydrogen (secondary N) is 3. The van der Waals surface area contributed by atoms with Crippen molar-refractivity contribution in [3.63, 3.8) is 0 Å². The molecule has 1 aromatic heterocycles. The third-order valence-electron chi connectivity index (χ3n) is 7.12. The minimum atomic E-state index is -1.05. The number of rotatable bonds is 8. The fourth-order valence-corrected chi connectivity index (χ4v) is 4.77. The molecule has 1 saturated heterocycles. The highest BCUT2D eigenvalue weighted by Gasteiger charge is 2.51. The summed E-state index contributed by atoms with van der Waals surface area (Å²) in [6, 6.07) is 4.13. The van der Waals surface area contributed by atoms with Crippen LogP contribution >= 0.6 is 0 Å². The Balaban J connectivity index is 1.38. The van der Waals surface area contributed by atoms with Gasteiger partial charge in [-0.1, -0.05) is 6.07 Å². The predicted molar refractivity (Wildman–Crippen MR) is 138 cm³/mol. The Morgan fingerprint density at radius 3 is 2.19 bits per heavy atom.